The molecular formula is C19H17FN2O4S. The lowest BCUT2D eigenvalue weighted by Crippen LogP contribution is -2.19. The minimum Gasteiger partial charge on any atom is -0.494 e. The van der Waals surface area contributed by atoms with Gasteiger partial charge in [0.15, 0.2) is 17.3 Å². The first kappa shape index (κ1) is 18.9. The zero-order chi connectivity index (χ0) is 19.4. The molecule has 0 aliphatic heterocycles. The van der Waals surface area contributed by atoms with Gasteiger partial charge in [-0.2, -0.15) is 8.75 Å². The number of rotatable bonds is 7. The topological polar surface area (TPSA) is 78.4 Å². The molecule has 0 saturated heterocycles. The third kappa shape index (κ3) is 4.11. The number of esters is 1. The van der Waals surface area contributed by atoms with Crippen LogP contribution in [0.15, 0.2) is 36.4 Å². The van der Waals surface area contributed by atoms with Crippen molar-refractivity contribution < 1.29 is 23.5 Å². The Labute approximate surface area is 159 Å². The van der Waals surface area contributed by atoms with E-state index in [-0.39, 0.29) is 30.1 Å². The van der Waals surface area contributed by atoms with Crippen molar-refractivity contribution >= 4 is 34.5 Å². The van der Waals surface area contributed by atoms with Crippen LogP contribution in [0.2, 0.25) is 0 Å². The number of benzene rings is 2. The second-order valence-electron chi connectivity index (χ2n) is 5.79. The van der Waals surface area contributed by atoms with Crippen LogP contribution < -0.4 is 4.74 Å². The number of carbonyl (C=O) groups excluding carboxylic acids is 2. The molecule has 1 unspecified atom stereocenters. The fourth-order valence-electron chi connectivity index (χ4n) is 2.74. The lowest BCUT2D eigenvalue weighted by atomic mass is 9.91. The summed E-state index contributed by atoms with van der Waals surface area (Å²) in [6.45, 7) is 1.89. The van der Waals surface area contributed by atoms with Crippen molar-refractivity contribution in [2.45, 2.75) is 19.3 Å². The zero-order valence-corrected chi connectivity index (χ0v) is 15.6. The molecule has 0 spiro atoms. The van der Waals surface area contributed by atoms with Crippen LogP contribution in [0.5, 0.6) is 5.75 Å². The van der Waals surface area contributed by atoms with E-state index < -0.39 is 17.7 Å². The van der Waals surface area contributed by atoms with Gasteiger partial charge >= 0.3 is 5.97 Å². The Balaban J connectivity index is 1.90. The van der Waals surface area contributed by atoms with Gasteiger partial charge in [0.05, 0.1) is 31.4 Å². The highest BCUT2D eigenvalue weighted by atomic mass is 32.1. The molecule has 0 saturated carbocycles. The predicted molar refractivity (Wildman–Crippen MR) is 98.7 cm³/mol. The van der Waals surface area contributed by atoms with E-state index in [4.69, 9.17) is 9.47 Å². The van der Waals surface area contributed by atoms with Crippen LogP contribution >= 0.6 is 11.7 Å². The number of halogens is 1. The van der Waals surface area contributed by atoms with E-state index in [2.05, 4.69) is 8.75 Å². The maximum atomic E-state index is 13.9. The Morgan fingerprint density at radius 1 is 1.15 bits per heavy atom. The Morgan fingerprint density at radius 3 is 2.63 bits per heavy atom. The number of Topliss-reactive ketones (excluding diaryl/α,β-unsaturated/α-hetero) is 1. The van der Waals surface area contributed by atoms with Gasteiger partial charge in [0, 0.05) is 12.0 Å². The summed E-state index contributed by atoms with van der Waals surface area (Å²) in [6.07, 6.45) is -0.145. The molecular weight excluding hydrogens is 371 g/mol. The van der Waals surface area contributed by atoms with Crippen molar-refractivity contribution in [3.05, 3.63) is 53.3 Å². The number of nitrogens with zero attached hydrogens (tertiary/aromatic N) is 2. The molecule has 27 heavy (non-hydrogen) atoms. The maximum absolute atomic E-state index is 13.9. The summed E-state index contributed by atoms with van der Waals surface area (Å²) in [7, 11) is 1.35. The standard InChI is InChI=1S/C19H17FN2O4S/c1-3-26-19(24)13(11-4-6-15-16(9-11)22-27-21-15)10-17(23)12-5-7-18(25-2)14(20)8-12/h4-9,13H,3,10H2,1-2H3. The number of carbonyl (C=O) groups is 2. The van der Waals surface area contributed by atoms with Gasteiger partial charge in [-0.15, -0.1) is 0 Å². The molecule has 8 heteroatoms. The maximum Gasteiger partial charge on any atom is 0.313 e. The van der Waals surface area contributed by atoms with Gasteiger partial charge in [-0.1, -0.05) is 6.07 Å². The van der Waals surface area contributed by atoms with Crippen molar-refractivity contribution in [1.29, 1.82) is 0 Å². The smallest absolute Gasteiger partial charge is 0.313 e. The van der Waals surface area contributed by atoms with E-state index >= 15 is 0 Å². The van der Waals surface area contributed by atoms with Gasteiger partial charge in [-0.3, -0.25) is 9.59 Å². The highest BCUT2D eigenvalue weighted by Gasteiger charge is 2.26. The molecule has 1 atom stereocenters. The zero-order valence-electron chi connectivity index (χ0n) is 14.8. The van der Waals surface area contributed by atoms with Crippen LogP contribution in [0.1, 0.15) is 35.2 Å². The van der Waals surface area contributed by atoms with Gasteiger partial charge in [-0.05, 0) is 42.8 Å². The van der Waals surface area contributed by atoms with Crippen LogP contribution in [0.4, 0.5) is 4.39 Å². The average molecular weight is 388 g/mol. The Hall–Kier alpha value is -2.87. The number of aromatic nitrogens is 2. The van der Waals surface area contributed by atoms with Crippen LogP contribution in [-0.2, 0) is 9.53 Å². The highest BCUT2D eigenvalue weighted by Crippen LogP contribution is 2.27. The molecule has 1 aromatic heterocycles. The van der Waals surface area contributed by atoms with E-state index in [0.717, 1.165) is 23.3 Å². The van der Waals surface area contributed by atoms with E-state index in [1.807, 2.05) is 0 Å². The van der Waals surface area contributed by atoms with E-state index in [1.165, 1.54) is 19.2 Å². The lowest BCUT2D eigenvalue weighted by molar-refractivity contribution is -0.144. The minimum atomic E-state index is -0.811. The minimum absolute atomic E-state index is 0.0509. The SMILES string of the molecule is CCOC(=O)C(CC(=O)c1ccc(OC)c(F)c1)c1ccc2nsnc2c1. The summed E-state index contributed by atoms with van der Waals surface area (Å²) in [5, 5.41) is 0. The summed E-state index contributed by atoms with van der Waals surface area (Å²) < 4.78 is 32.2. The third-order valence-electron chi connectivity index (χ3n) is 4.11. The van der Waals surface area contributed by atoms with Crippen molar-refractivity contribution in [2.75, 3.05) is 13.7 Å². The second kappa shape index (κ2) is 8.22. The van der Waals surface area contributed by atoms with Crippen LogP contribution in [0, 0.1) is 5.82 Å². The molecule has 140 valence electrons. The third-order valence-corrected chi connectivity index (χ3v) is 4.67. The van der Waals surface area contributed by atoms with Crippen molar-refractivity contribution in [1.82, 2.24) is 8.75 Å². The molecule has 0 aliphatic carbocycles. The van der Waals surface area contributed by atoms with E-state index in [1.54, 1.807) is 25.1 Å². The molecule has 0 N–H and O–H groups in total. The summed E-state index contributed by atoms with van der Waals surface area (Å²) >= 11 is 1.07. The number of hydrogen-bond acceptors (Lipinski definition) is 7. The van der Waals surface area contributed by atoms with Crippen molar-refractivity contribution in [3.63, 3.8) is 0 Å². The van der Waals surface area contributed by atoms with Crippen molar-refractivity contribution in [3.8, 4) is 5.75 Å². The normalized spacial score (nSPS) is 12.0. The molecule has 0 radical (unpaired) electrons. The first-order valence-electron chi connectivity index (χ1n) is 8.29. The Bertz CT molecular complexity index is 989. The molecule has 2 aromatic carbocycles. The van der Waals surface area contributed by atoms with Gasteiger partial charge < -0.3 is 9.47 Å². The van der Waals surface area contributed by atoms with E-state index in [0.29, 0.717) is 11.1 Å². The van der Waals surface area contributed by atoms with Gasteiger partial charge in [0.1, 0.15) is 11.0 Å². The van der Waals surface area contributed by atoms with Gasteiger partial charge in [0.25, 0.3) is 0 Å². The first-order chi connectivity index (χ1) is 13.0. The summed E-state index contributed by atoms with van der Waals surface area (Å²) in [5.74, 6) is -2.27. The number of ketones is 1. The molecule has 0 amide bonds. The van der Waals surface area contributed by atoms with Crippen LogP contribution in [-0.4, -0.2) is 34.2 Å². The molecule has 3 aromatic rings. The summed E-state index contributed by atoms with van der Waals surface area (Å²) in [5.41, 5.74) is 2.14. The highest BCUT2D eigenvalue weighted by molar-refractivity contribution is 7.00. The number of fused-ring (bicyclic) bond motifs is 1. The fourth-order valence-corrected chi connectivity index (χ4v) is 3.26. The number of hydrogen-bond donors (Lipinski definition) is 0. The van der Waals surface area contributed by atoms with Crippen LogP contribution in [0.3, 0.4) is 0 Å². The fraction of sp³-hybridized carbons (Fsp3) is 0.263. The van der Waals surface area contributed by atoms with Crippen molar-refractivity contribution in [2.24, 2.45) is 0 Å². The van der Waals surface area contributed by atoms with Gasteiger partial charge in [-0.25, -0.2) is 4.39 Å². The Morgan fingerprint density at radius 2 is 1.93 bits per heavy atom. The van der Waals surface area contributed by atoms with Gasteiger partial charge in [0.2, 0.25) is 0 Å². The molecule has 6 nitrogen and oxygen atoms in total. The second-order valence-corrected chi connectivity index (χ2v) is 6.32. The molecule has 1 heterocycles. The monoisotopic (exact) mass is 388 g/mol. The lowest BCUT2D eigenvalue weighted by Gasteiger charge is -2.15. The number of ether oxygens (including phenoxy) is 2. The molecule has 3 rings (SSSR count). The predicted octanol–water partition coefficient (Wildman–Crippen LogP) is 3.76. The molecule has 0 fully saturated rings. The Kier molecular flexibility index (Phi) is 5.75. The average Bonchev–Trinajstić information content (AvgIpc) is 3.13. The summed E-state index contributed by atoms with van der Waals surface area (Å²) in [4.78, 5) is 25.1. The number of methoxy groups -OCH3 is 1. The quantitative estimate of drug-likeness (QED) is 0.453. The first-order valence-corrected chi connectivity index (χ1v) is 9.02. The van der Waals surface area contributed by atoms with E-state index in [9.17, 15) is 14.0 Å². The molecule has 0 bridgehead atoms. The summed E-state index contributed by atoms with van der Waals surface area (Å²) in [6, 6.07) is 9.17. The van der Waals surface area contributed by atoms with Crippen LogP contribution in [0.25, 0.3) is 11.0 Å². The largest absolute Gasteiger partial charge is 0.494 e. The molecule has 0 aliphatic rings.